The zero-order chi connectivity index (χ0) is 19.8. The van der Waals surface area contributed by atoms with Crippen LogP contribution in [0.5, 0.6) is 0 Å². The van der Waals surface area contributed by atoms with Gasteiger partial charge in [0, 0.05) is 35.3 Å². The molecule has 0 saturated carbocycles. The zero-order valence-corrected chi connectivity index (χ0v) is 17.3. The smallest absolute Gasteiger partial charge is 0.234 e. The van der Waals surface area contributed by atoms with E-state index in [-0.39, 0.29) is 23.9 Å². The molecule has 1 aliphatic carbocycles. The summed E-state index contributed by atoms with van der Waals surface area (Å²) in [6.45, 7) is 4.13. The van der Waals surface area contributed by atoms with Crippen LogP contribution in [-0.4, -0.2) is 27.1 Å². The Balaban J connectivity index is 1.79. The molecule has 8 heteroatoms. The first-order chi connectivity index (χ1) is 13.5. The van der Waals surface area contributed by atoms with E-state index < -0.39 is 5.92 Å². The van der Waals surface area contributed by atoms with Gasteiger partial charge in [0.05, 0.1) is 0 Å². The Hall–Kier alpha value is -2.06. The highest BCUT2D eigenvalue weighted by molar-refractivity contribution is 8.01. The molecule has 0 bridgehead atoms. The Kier molecular flexibility index (Phi) is 5.33. The van der Waals surface area contributed by atoms with E-state index in [2.05, 4.69) is 24.0 Å². The molecule has 1 atom stereocenters. The fourth-order valence-corrected chi connectivity index (χ4v) is 5.89. The van der Waals surface area contributed by atoms with E-state index in [1.165, 1.54) is 17.4 Å². The fraction of sp³-hybridized carbons (Fsp3) is 0.400. The number of hydrogen-bond donors (Lipinski definition) is 0. The molecule has 5 nitrogen and oxygen atoms in total. The van der Waals surface area contributed by atoms with Gasteiger partial charge in [0.15, 0.2) is 10.1 Å². The number of hydrogen-bond acceptors (Lipinski definition) is 6. The molecule has 1 amide bonds. The van der Waals surface area contributed by atoms with Crippen molar-refractivity contribution in [1.29, 1.82) is 0 Å². The molecule has 2 heterocycles. The van der Waals surface area contributed by atoms with E-state index in [0.29, 0.717) is 46.5 Å². The Bertz CT molecular complexity index is 970. The van der Waals surface area contributed by atoms with E-state index in [0.717, 1.165) is 4.34 Å². The molecule has 1 aromatic heterocycles. The summed E-state index contributed by atoms with van der Waals surface area (Å²) in [6, 6.07) is 6.39. The third-order valence-electron chi connectivity index (χ3n) is 4.88. The number of carbonyl (C=O) groups excluding carboxylic acids is 2. The van der Waals surface area contributed by atoms with E-state index in [1.807, 2.05) is 0 Å². The van der Waals surface area contributed by atoms with Crippen molar-refractivity contribution < 1.29 is 14.0 Å². The van der Waals surface area contributed by atoms with Gasteiger partial charge in [-0.1, -0.05) is 55.1 Å². The van der Waals surface area contributed by atoms with Gasteiger partial charge in [0.1, 0.15) is 5.82 Å². The van der Waals surface area contributed by atoms with E-state index in [4.69, 9.17) is 0 Å². The average molecular weight is 418 g/mol. The highest BCUT2D eigenvalue weighted by atomic mass is 32.2. The molecule has 1 unspecified atom stereocenters. The van der Waals surface area contributed by atoms with Gasteiger partial charge >= 0.3 is 0 Å². The summed E-state index contributed by atoms with van der Waals surface area (Å²) >= 11 is 2.94. The van der Waals surface area contributed by atoms with Crippen molar-refractivity contribution >= 4 is 39.9 Å². The van der Waals surface area contributed by atoms with Gasteiger partial charge in [-0.25, -0.2) is 4.39 Å². The van der Waals surface area contributed by atoms with Crippen LogP contribution < -0.4 is 4.90 Å². The third kappa shape index (κ3) is 3.51. The molecule has 2 aromatic rings. The monoisotopic (exact) mass is 417 g/mol. The topological polar surface area (TPSA) is 63.2 Å². The number of halogens is 1. The number of Topliss-reactive ketones (excluding diaryl/α,β-unsaturated/α-hetero) is 1. The summed E-state index contributed by atoms with van der Waals surface area (Å²) in [5.41, 5.74) is 1.63. The molecule has 4 rings (SSSR count). The van der Waals surface area contributed by atoms with Gasteiger partial charge in [-0.3, -0.25) is 14.5 Å². The number of carbonyl (C=O) groups is 2. The highest BCUT2D eigenvalue weighted by Crippen LogP contribution is 2.45. The Morgan fingerprint density at radius 3 is 2.75 bits per heavy atom. The maximum atomic E-state index is 14.5. The second-order valence-corrected chi connectivity index (χ2v) is 9.94. The minimum absolute atomic E-state index is 0.00621. The van der Waals surface area contributed by atoms with Crippen LogP contribution in [0.1, 0.15) is 51.0 Å². The number of thioether (sulfide) groups is 1. The molecular formula is C20H20FN3O2S2. The van der Waals surface area contributed by atoms with Crippen LogP contribution in [0.15, 0.2) is 39.9 Å². The highest BCUT2D eigenvalue weighted by Gasteiger charge is 2.41. The summed E-state index contributed by atoms with van der Waals surface area (Å²) in [6.07, 6.45) is 1.76. The number of nitrogens with zero attached hydrogens (tertiary/aromatic N) is 3. The summed E-state index contributed by atoms with van der Waals surface area (Å²) in [7, 11) is 0. The van der Waals surface area contributed by atoms with Crippen molar-refractivity contribution in [3.8, 4) is 0 Å². The number of amides is 1. The number of anilines is 1. The van der Waals surface area contributed by atoms with Crippen molar-refractivity contribution in [1.82, 2.24) is 10.2 Å². The molecule has 0 radical (unpaired) electrons. The minimum Gasteiger partial charge on any atom is -0.294 e. The maximum Gasteiger partial charge on any atom is 0.234 e. The van der Waals surface area contributed by atoms with Crippen molar-refractivity contribution in [2.24, 2.45) is 0 Å². The first-order valence-corrected chi connectivity index (χ1v) is 11.0. The van der Waals surface area contributed by atoms with E-state index >= 15 is 0 Å². The largest absolute Gasteiger partial charge is 0.294 e. The first-order valence-electron chi connectivity index (χ1n) is 9.29. The third-order valence-corrected chi connectivity index (χ3v) is 6.88. The second-order valence-electron chi connectivity index (χ2n) is 7.16. The van der Waals surface area contributed by atoms with Crippen molar-refractivity contribution in [3.05, 3.63) is 46.9 Å². The van der Waals surface area contributed by atoms with Gasteiger partial charge in [-0.2, -0.15) is 0 Å². The molecule has 1 aliphatic heterocycles. The predicted octanol–water partition coefficient (Wildman–Crippen LogP) is 4.71. The zero-order valence-electron chi connectivity index (χ0n) is 15.6. The summed E-state index contributed by atoms with van der Waals surface area (Å²) in [5.74, 6) is -1.09. The molecule has 0 N–H and O–H groups in total. The fourth-order valence-electron chi connectivity index (χ4n) is 3.78. The Labute approximate surface area is 171 Å². The van der Waals surface area contributed by atoms with Gasteiger partial charge in [-0.15, -0.1) is 10.2 Å². The summed E-state index contributed by atoms with van der Waals surface area (Å²) in [4.78, 5) is 27.4. The molecule has 146 valence electrons. The molecule has 0 fully saturated rings. The van der Waals surface area contributed by atoms with E-state index in [1.54, 1.807) is 34.9 Å². The normalized spacial score (nSPS) is 20.1. The van der Waals surface area contributed by atoms with Crippen molar-refractivity contribution in [2.75, 3.05) is 4.90 Å². The van der Waals surface area contributed by atoms with Crippen molar-refractivity contribution in [2.45, 2.75) is 55.0 Å². The van der Waals surface area contributed by atoms with Crippen LogP contribution in [-0.2, 0) is 9.59 Å². The quantitative estimate of drug-likeness (QED) is 0.533. The van der Waals surface area contributed by atoms with Crippen molar-refractivity contribution in [3.63, 3.8) is 0 Å². The number of aromatic nitrogens is 2. The average Bonchev–Trinajstić information content (AvgIpc) is 3.08. The number of benzene rings is 1. The summed E-state index contributed by atoms with van der Waals surface area (Å²) < 4.78 is 15.2. The van der Waals surface area contributed by atoms with Gasteiger partial charge in [0.2, 0.25) is 11.0 Å². The minimum atomic E-state index is -0.537. The SMILES string of the molecule is CC(C)Sc1nnc(N2C(=O)CC(c3ccccc3F)C3=C2CCCC3=O)s1. The lowest BCUT2D eigenvalue weighted by Crippen LogP contribution is -2.40. The lowest BCUT2D eigenvalue weighted by atomic mass is 9.77. The Morgan fingerprint density at radius 1 is 1.21 bits per heavy atom. The molecule has 0 saturated heterocycles. The van der Waals surface area contributed by atoms with Crippen LogP contribution in [0.3, 0.4) is 0 Å². The molecule has 0 spiro atoms. The van der Waals surface area contributed by atoms with Gasteiger partial charge in [-0.05, 0) is 24.5 Å². The molecule has 2 aliphatic rings. The number of allylic oxidation sites excluding steroid dienone is 2. The lowest BCUT2D eigenvalue weighted by molar-refractivity contribution is -0.119. The van der Waals surface area contributed by atoms with E-state index in [9.17, 15) is 14.0 Å². The number of rotatable bonds is 4. The molecule has 1 aromatic carbocycles. The van der Waals surface area contributed by atoms with Crippen LogP contribution in [0.4, 0.5) is 9.52 Å². The van der Waals surface area contributed by atoms with Gasteiger partial charge < -0.3 is 0 Å². The number of ketones is 1. The lowest BCUT2D eigenvalue weighted by Gasteiger charge is -2.36. The predicted molar refractivity (Wildman–Crippen MR) is 108 cm³/mol. The van der Waals surface area contributed by atoms with Gasteiger partial charge in [0.25, 0.3) is 0 Å². The first kappa shape index (κ1) is 19.3. The van der Waals surface area contributed by atoms with Crippen LogP contribution in [0, 0.1) is 5.82 Å². The standard InChI is InChI=1S/C20H20FN3O2S2/c1-11(2)27-20-23-22-19(28-20)24-15-8-5-9-16(25)18(15)13(10-17(24)26)12-6-3-4-7-14(12)21/h3-4,6-7,11,13H,5,8-10H2,1-2H3. The molecular weight excluding hydrogens is 397 g/mol. The van der Waals surface area contributed by atoms with Crippen LogP contribution >= 0.6 is 23.1 Å². The van der Waals surface area contributed by atoms with Crippen LogP contribution in [0.25, 0.3) is 0 Å². The second kappa shape index (κ2) is 7.75. The van der Waals surface area contributed by atoms with Crippen LogP contribution in [0.2, 0.25) is 0 Å². The summed E-state index contributed by atoms with van der Waals surface area (Å²) in [5, 5.41) is 9.24. The molecule has 28 heavy (non-hydrogen) atoms. The maximum absolute atomic E-state index is 14.5. The Morgan fingerprint density at radius 2 is 2.00 bits per heavy atom.